The molecule has 0 atom stereocenters. The lowest BCUT2D eigenvalue weighted by Crippen LogP contribution is -1.99. The standard InChI is InChI=1S/C24H21N3O2/c1-16(26-29-17(2)28)19-8-10-23-21(14-19)22-15-20(25)9-11-24(22)27(23)13-12-18-6-4-3-5-7-18/h3-15H,25H2,1-2H3/b13-12+,26-16+. The highest BCUT2D eigenvalue weighted by Crippen LogP contribution is 2.32. The topological polar surface area (TPSA) is 69.6 Å². The second-order valence-electron chi connectivity index (χ2n) is 6.86. The molecule has 0 spiro atoms. The summed E-state index contributed by atoms with van der Waals surface area (Å²) in [6, 6.07) is 22.1. The van der Waals surface area contributed by atoms with E-state index in [1.165, 1.54) is 6.92 Å². The first-order valence-corrected chi connectivity index (χ1v) is 9.32. The lowest BCUT2D eigenvalue weighted by Gasteiger charge is -2.03. The van der Waals surface area contributed by atoms with E-state index in [-0.39, 0.29) is 0 Å². The largest absolute Gasteiger partial charge is 0.399 e. The van der Waals surface area contributed by atoms with E-state index in [0.717, 1.165) is 32.9 Å². The van der Waals surface area contributed by atoms with E-state index in [2.05, 4.69) is 34.1 Å². The van der Waals surface area contributed by atoms with Crippen LogP contribution in [0.3, 0.4) is 0 Å². The fourth-order valence-electron chi connectivity index (χ4n) is 3.37. The molecule has 4 rings (SSSR count). The first kappa shape index (κ1) is 18.5. The van der Waals surface area contributed by atoms with Gasteiger partial charge in [0.05, 0.1) is 16.7 Å². The van der Waals surface area contributed by atoms with Gasteiger partial charge in [-0.1, -0.05) is 41.6 Å². The number of aromatic nitrogens is 1. The summed E-state index contributed by atoms with van der Waals surface area (Å²) >= 11 is 0. The minimum atomic E-state index is -0.444. The van der Waals surface area contributed by atoms with Crippen LogP contribution in [0, 0.1) is 0 Å². The third kappa shape index (κ3) is 3.75. The Morgan fingerprint density at radius 2 is 1.66 bits per heavy atom. The second-order valence-corrected chi connectivity index (χ2v) is 6.86. The van der Waals surface area contributed by atoms with E-state index in [1.807, 2.05) is 61.5 Å². The van der Waals surface area contributed by atoms with E-state index in [1.54, 1.807) is 0 Å². The van der Waals surface area contributed by atoms with Crippen LogP contribution < -0.4 is 5.73 Å². The second kappa shape index (κ2) is 7.64. The maximum absolute atomic E-state index is 11.0. The number of oxime groups is 1. The lowest BCUT2D eigenvalue weighted by molar-refractivity contribution is -0.140. The molecule has 144 valence electrons. The number of carbonyl (C=O) groups is 1. The molecule has 4 aromatic rings. The number of anilines is 1. The molecule has 0 aliphatic rings. The smallest absolute Gasteiger partial charge is 0.331 e. The molecular weight excluding hydrogens is 362 g/mol. The van der Waals surface area contributed by atoms with Gasteiger partial charge >= 0.3 is 5.97 Å². The van der Waals surface area contributed by atoms with Gasteiger partial charge in [-0.25, -0.2) is 4.79 Å². The first-order chi connectivity index (χ1) is 14.0. The molecule has 5 heteroatoms. The van der Waals surface area contributed by atoms with Crippen molar-refractivity contribution in [2.45, 2.75) is 13.8 Å². The summed E-state index contributed by atoms with van der Waals surface area (Å²) in [5.41, 5.74) is 11.5. The van der Waals surface area contributed by atoms with Crippen LogP contribution in [0.25, 0.3) is 34.1 Å². The molecule has 0 saturated heterocycles. The van der Waals surface area contributed by atoms with Gasteiger partial charge in [0, 0.05) is 29.6 Å². The Balaban J connectivity index is 1.88. The average Bonchev–Trinajstić information content (AvgIpc) is 3.03. The Bertz CT molecular complexity index is 1270. The Kier molecular flexibility index (Phi) is 4.87. The van der Waals surface area contributed by atoms with Crippen LogP contribution in [0.2, 0.25) is 0 Å². The zero-order valence-corrected chi connectivity index (χ0v) is 16.3. The number of hydrogen-bond acceptors (Lipinski definition) is 4. The quantitative estimate of drug-likeness (QED) is 0.225. The summed E-state index contributed by atoms with van der Waals surface area (Å²) < 4.78 is 2.15. The normalized spacial score (nSPS) is 12.1. The molecular formula is C24H21N3O2. The molecule has 0 aliphatic carbocycles. The van der Waals surface area contributed by atoms with Crippen LogP contribution in [0.5, 0.6) is 0 Å². The Labute approximate surface area is 168 Å². The minimum Gasteiger partial charge on any atom is -0.399 e. The number of carbonyl (C=O) groups excluding carboxylic acids is 1. The van der Waals surface area contributed by atoms with Gasteiger partial charge in [0.25, 0.3) is 0 Å². The number of benzene rings is 3. The molecule has 1 aromatic heterocycles. The highest BCUT2D eigenvalue weighted by Gasteiger charge is 2.11. The first-order valence-electron chi connectivity index (χ1n) is 9.32. The maximum atomic E-state index is 11.0. The summed E-state index contributed by atoms with van der Waals surface area (Å²) in [4.78, 5) is 15.8. The van der Waals surface area contributed by atoms with Crippen LogP contribution >= 0.6 is 0 Å². The van der Waals surface area contributed by atoms with Crippen molar-refractivity contribution in [1.82, 2.24) is 4.57 Å². The lowest BCUT2D eigenvalue weighted by atomic mass is 10.1. The average molecular weight is 383 g/mol. The van der Waals surface area contributed by atoms with Crippen molar-refractivity contribution in [2.75, 3.05) is 5.73 Å². The monoisotopic (exact) mass is 383 g/mol. The third-order valence-electron chi connectivity index (χ3n) is 4.77. The number of nitrogens with two attached hydrogens (primary N) is 1. The highest BCUT2D eigenvalue weighted by atomic mass is 16.7. The van der Waals surface area contributed by atoms with Gasteiger partial charge in [-0.3, -0.25) is 0 Å². The molecule has 0 bridgehead atoms. The fourth-order valence-corrected chi connectivity index (χ4v) is 3.37. The van der Waals surface area contributed by atoms with Crippen LogP contribution in [-0.4, -0.2) is 16.2 Å². The maximum Gasteiger partial charge on any atom is 0.331 e. The predicted molar refractivity (Wildman–Crippen MR) is 119 cm³/mol. The van der Waals surface area contributed by atoms with Crippen molar-refractivity contribution in [3.8, 4) is 0 Å². The molecule has 29 heavy (non-hydrogen) atoms. The molecule has 0 amide bonds. The van der Waals surface area contributed by atoms with Gasteiger partial charge in [-0.05, 0) is 54.5 Å². The van der Waals surface area contributed by atoms with Crippen molar-refractivity contribution >= 4 is 51.5 Å². The molecule has 5 nitrogen and oxygen atoms in total. The third-order valence-corrected chi connectivity index (χ3v) is 4.77. The molecule has 0 saturated carbocycles. The van der Waals surface area contributed by atoms with Crippen LogP contribution in [0.15, 0.2) is 71.9 Å². The Morgan fingerprint density at radius 1 is 0.966 bits per heavy atom. The number of nitrogen functional groups attached to an aromatic ring is 1. The summed E-state index contributed by atoms with van der Waals surface area (Å²) in [6.45, 7) is 3.14. The van der Waals surface area contributed by atoms with E-state index in [0.29, 0.717) is 11.4 Å². The molecule has 0 unspecified atom stereocenters. The van der Waals surface area contributed by atoms with Crippen LogP contribution in [-0.2, 0) is 9.63 Å². The predicted octanol–water partition coefficient (Wildman–Crippen LogP) is 5.29. The number of hydrogen-bond donors (Lipinski definition) is 1. The van der Waals surface area contributed by atoms with Crippen LogP contribution in [0.4, 0.5) is 5.69 Å². The van der Waals surface area contributed by atoms with Crippen molar-refractivity contribution in [3.05, 3.63) is 77.9 Å². The van der Waals surface area contributed by atoms with Gasteiger partial charge < -0.3 is 15.1 Å². The Hall–Kier alpha value is -3.86. The molecule has 0 aliphatic heterocycles. The summed E-state index contributed by atoms with van der Waals surface area (Å²) in [7, 11) is 0. The van der Waals surface area contributed by atoms with Gasteiger partial charge in [0.15, 0.2) is 0 Å². The van der Waals surface area contributed by atoms with Gasteiger partial charge in [-0.2, -0.15) is 0 Å². The summed E-state index contributed by atoms with van der Waals surface area (Å²) in [6.07, 6.45) is 4.15. The van der Waals surface area contributed by atoms with Crippen molar-refractivity contribution in [3.63, 3.8) is 0 Å². The van der Waals surface area contributed by atoms with E-state index >= 15 is 0 Å². The number of rotatable bonds is 4. The van der Waals surface area contributed by atoms with E-state index in [4.69, 9.17) is 10.6 Å². The van der Waals surface area contributed by atoms with Gasteiger partial charge in [0.2, 0.25) is 0 Å². The Morgan fingerprint density at radius 3 is 2.38 bits per heavy atom. The number of nitrogens with zero attached hydrogens (tertiary/aromatic N) is 2. The summed E-state index contributed by atoms with van der Waals surface area (Å²) in [5, 5.41) is 6.01. The van der Waals surface area contributed by atoms with Crippen molar-refractivity contribution in [1.29, 1.82) is 0 Å². The zero-order valence-electron chi connectivity index (χ0n) is 16.3. The molecule has 3 aromatic carbocycles. The SMILES string of the molecule is CC(=O)O/N=C(\C)c1ccc2c(c1)c1cc(N)ccc1n2/C=C/c1ccccc1. The highest BCUT2D eigenvalue weighted by molar-refractivity contribution is 6.13. The van der Waals surface area contributed by atoms with Crippen LogP contribution in [0.1, 0.15) is 25.0 Å². The van der Waals surface area contributed by atoms with Crippen molar-refractivity contribution in [2.24, 2.45) is 5.16 Å². The number of fused-ring (bicyclic) bond motifs is 3. The van der Waals surface area contributed by atoms with Crippen molar-refractivity contribution < 1.29 is 9.63 Å². The molecule has 1 heterocycles. The minimum absolute atomic E-state index is 0.444. The zero-order chi connectivity index (χ0) is 20.4. The van der Waals surface area contributed by atoms with E-state index < -0.39 is 5.97 Å². The van der Waals surface area contributed by atoms with E-state index in [9.17, 15) is 4.79 Å². The van der Waals surface area contributed by atoms with Gasteiger partial charge in [-0.15, -0.1) is 0 Å². The summed E-state index contributed by atoms with van der Waals surface area (Å²) in [5.74, 6) is -0.444. The molecule has 0 fully saturated rings. The fraction of sp³-hybridized carbons (Fsp3) is 0.0833. The van der Waals surface area contributed by atoms with Gasteiger partial charge in [0.1, 0.15) is 0 Å². The molecule has 2 N–H and O–H groups in total. The molecule has 0 radical (unpaired) electrons.